The van der Waals surface area contributed by atoms with Gasteiger partial charge in [-0.05, 0) is 12.8 Å². The minimum absolute atomic E-state index is 0. The van der Waals surface area contributed by atoms with Crippen LogP contribution in [-0.4, -0.2) is 16.9 Å². The maximum Gasteiger partial charge on any atom is 0.243 e. The van der Waals surface area contributed by atoms with E-state index in [-0.39, 0.29) is 24.2 Å². The Morgan fingerprint density at radius 1 is 1.36 bits per heavy atom. The van der Waals surface area contributed by atoms with E-state index < -0.39 is 6.04 Å². The van der Waals surface area contributed by atoms with Crippen LogP contribution in [0.5, 0.6) is 0 Å². The Hall–Kier alpha value is -1.43. The third-order valence-electron chi connectivity index (χ3n) is 3.64. The van der Waals surface area contributed by atoms with Crippen LogP contribution in [-0.2, 0) is 4.79 Å². The summed E-state index contributed by atoms with van der Waals surface area (Å²) >= 11 is 1.42. The van der Waals surface area contributed by atoms with E-state index in [0.717, 1.165) is 17.7 Å². The predicted molar refractivity (Wildman–Crippen MR) is 95.6 cm³/mol. The number of benzene rings is 1. The van der Waals surface area contributed by atoms with Gasteiger partial charge in [-0.3, -0.25) is 4.79 Å². The van der Waals surface area contributed by atoms with Gasteiger partial charge in [0.05, 0.1) is 11.7 Å². The van der Waals surface area contributed by atoms with Gasteiger partial charge in [0.15, 0.2) is 5.13 Å². The highest BCUT2D eigenvalue weighted by Gasteiger charge is 2.20. The molecule has 4 nitrogen and oxygen atoms in total. The highest BCUT2D eigenvalue weighted by molar-refractivity contribution is 7.14. The zero-order valence-corrected chi connectivity index (χ0v) is 14.6. The zero-order chi connectivity index (χ0) is 15.4. The molecule has 2 rings (SSSR count). The second-order valence-electron chi connectivity index (χ2n) is 5.30. The number of carbonyl (C=O) groups is 1. The third-order valence-corrected chi connectivity index (χ3v) is 4.40. The number of hydrogen-bond acceptors (Lipinski definition) is 4. The molecule has 2 atom stereocenters. The molecule has 0 aliphatic heterocycles. The number of aromatic nitrogens is 1. The van der Waals surface area contributed by atoms with E-state index >= 15 is 0 Å². The summed E-state index contributed by atoms with van der Waals surface area (Å²) in [6.07, 6.45) is 0.876. The van der Waals surface area contributed by atoms with Crippen molar-refractivity contribution in [2.24, 2.45) is 11.7 Å². The number of amides is 1. The lowest BCUT2D eigenvalue weighted by atomic mass is 10.00. The van der Waals surface area contributed by atoms with Gasteiger partial charge in [0.25, 0.3) is 0 Å². The van der Waals surface area contributed by atoms with Crippen LogP contribution < -0.4 is 11.1 Å². The fourth-order valence-corrected chi connectivity index (χ4v) is 2.61. The van der Waals surface area contributed by atoms with Crippen molar-refractivity contribution in [1.29, 1.82) is 0 Å². The van der Waals surface area contributed by atoms with Gasteiger partial charge in [-0.15, -0.1) is 23.7 Å². The number of nitrogens with one attached hydrogen (secondary N) is 1. The van der Waals surface area contributed by atoms with E-state index in [1.807, 2.05) is 50.4 Å². The van der Waals surface area contributed by atoms with Gasteiger partial charge >= 0.3 is 0 Å². The average molecular weight is 340 g/mol. The third kappa shape index (κ3) is 4.53. The number of aryl methyl sites for hydroxylation is 1. The topological polar surface area (TPSA) is 68.0 Å². The van der Waals surface area contributed by atoms with Gasteiger partial charge in [-0.2, -0.15) is 0 Å². The Bertz CT molecular complexity index is 612. The van der Waals surface area contributed by atoms with E-state index in [9.17, 15) is 4.79 Å². The molecule has 2 unspecified atom stereocenters. The van der Waals surface area contributed by atoms with E-state index in [2.05, 4.69) is 10.3 Å². The largest absolute Gasteiger partial charge is 0.320 e. The number of carbonyl (C=O) groups excluding carboxylic acids is 1. The van der Waals surface area contributed by atoms with Crippen LogP contribution in [0.4, 0.5) is 5.13 Å². The summed E-state index contributed by atoms with van der Waals surface area (Å²) in [6.45, 7) is 6.05. The number of nitrogens with two attached hydrogens (primary N) is 1. The molecule has 0 bridgehead atoms. The van der Waals surface area contributed by atoms with E-state index in [1.54, 1.807) is 0 Å². The molecule has 6 heteroatoms. The van der Waals surface area contributed by atoms with Crippen LogP contribution in [0.1, 0.15) is 25.8 Å². The van der Waals surface area contributed by atoms with Crippen LogP contribution >= 0.6 is 23.7 Å². The van der Waals surface area contributed by atoms with E-state index in [1.165, 1.54) is 16.9 Å². The second kappa shape index (κ2) is 8.27. The number of rotatable bonds is 5. The Morgan fingerprint density at radius 3 is 2.59 bits per heavy atom. The smallest absolute Gasteiger partial charge is 0.243 e. The van der Waals surface area contributed by atoms with Gasteiger partial charge < -0.3 is 11.1 Å². The van der Waals surface area contributed by atoms with Crippen LogP contribution in [0.3, 0.4) is 0 Å². The standard InChI is InChI=1S/C16H21N3OS.ClH/c1-4-11(3)14(17)15(20)19-16-18-13(9-21-16)12-7-5-10(2)6-8-12;/h5-9,11,14H,4,17H2,1-3H3,(H,18,19,20);1H. The second-order valence-corrected chi connectivity index (χ2v) is 6.16. The van der Waals surface area contributed by atoms with Gasteiger partial charge in [-0.25, -0.2) is 4.98 Å². The van der Waals surface area contributed by atoms with Crippen molar-refractivity contribution in [3.63, 3.8) is 0 Å². The number of halogens is 1. The molecule has 1 aromatic heterocycles. The summed E-state index contributed by atoms with van der Waals surface area (Å²) in [4.78, 5) is 16.5. The molecule has 0 radical (unpaired) electrons. The first-order valence-corrected chi connectivity index (χ1v) is 7.98. The predicted octanol–water partition coefficient (Wildman–Crippen LogP) is 3.85. The summed E-state index contributed by atoms with van der Waals surface area (Å²) in [6, 6.07) is 7.65. The molecule has 1 aromatic carbocycles. The van der Waals surface area contributed by atoms with Gasteiger partial charge in [0.2, 0.25) is 5.91 Å². The zero-order valence-electron chi connectivity index (χ0n) is 13.0. The van der Waals surface area contributed by atoms with Crippen LogP contribution in [0.15, 0.2) is 29.6 Å². The summed E-state index contributed by atoms with van der Waals surface area (Å²) in [5.41, 5.74) is 9.04. The molecule has 0 spiro atoms. The minimum Gasteiger partial charge on any atom is -0.320 e. The highest BCUT2D eigenvalue weighted by atomic mass is 35.5. The maximum atomic E-state index is 12.0. The molecule has 1 heterocycles. The van der Waals surface area contributed by atoms with E-state index in [0.29, 0.717) is 5.13 Å². The molecule has 1 amide bonds. The summed E-state index contributed by atoms with van der Waals surface area (Å²) in [7, 11) is 0. The first-order valence-electron chi connectivity index (χ1n) is 7.10. The quantitative estimate of drug-likeness (QED) is 0.869. The Balaban J connectivity index is 0.00000242. The molecule has 0 fully saturated rings. The van der Waals surface area contributed by atoms with Crippen molar-refractivity contribution in [3.8, 4) is 11.3 Å². The number of nitrogens with zero attached hydrogens (tertiary/aromatic N) is 1. The Kier molecular flexibility index (Phi) is 7.00. The van der Waals surface area contributed by atoms with Crippen LogP contribution in [0.2, 0.25) is 0 Å². The Labute approximate surface area is 141 Å². The number of hydrogen-bond donors (Lipinski definition) is 2. The number of thiazole rings is 1. The van der Waals surface area contributed by atoms with Gasteiger partial charge in [0, 0.05) is 10.9 Å². The number of anilines is 1. The summed E-state index contributed by atoms with van der Waals surface area (Å²) in [5.74, 6) is -0.0179. The van der Waals surface area contributed by atoms with Crippen molar-refractivity contribution in [1.82, 2.24) is 4.98 Å². The fourth-order valence-electron chi connectivity index (χ4n) is 1.89. The summed E-state index contributed by atoms with van der Waals surface area (Å²) in [5, 5.41) is 5.33. The normalized spacial score (nSPS) is 13.1. The molecule has 22 heavy (non-hydrogen) atoms. The molecule has 120 valence electrons. The van der Waals surface area contributed by atoms with Crippen molar-refractivity contribution < 1.29 is 4.79 Å². The van der Waals surface area contributed by atoms with Crippen LogP contribution in [0.25, 0.3) is 11.3 Å². The van der Waals surface area contributed by atoms with E-state index in [4.69, 9.17) is 5.73 Å². The van der Waals surface area contributed by atoms with Gasteiger partial charge in [0.1, 0.15) is 0 Å². The average Bonchev–Trinajstić information content (AvgIpc) is 2.94. The molecular weight excluding hydrogens is 318 g/mol. The lowest BCUT2D eigenvalue weighted by Crippen LogP contribution is -2.40. The lowest BCUT2D eigenvalue weighted by Gasteiger charge is -2.16. The lowest BCUT2D eigenvalue weighted by molar-refractivity contribution is -0.118. The van der Waals surface area contributed by atoms with Crippen LogP contribution in [0, 0.1) is 12.8 Å². The molecule has 0 saturated heterocycles. The summed E-state index contributed by atoms with van der Waals surface area (Å²) < 4.78 is 0. The van der Waals surface area contributed by atoms with Crippen molar-refractivity contribution >= 4 is 34.8 Å². The van der Waals surface area contributed by atoms with Crippen molar-refractivity contribution in [2.75, 3.05) is 5.32 Å². The Morgan fingerprint density at radius 2 is 2.00 bits per heavy atom. The minimum atomic E-state index is -0.498. The first-order chi connectivity index (χ1) is 10.0. The highest BCUT2D eigenvalue weighted by Crippen LogP contribution is 2.25. The molecule has 2 aromatic rings. The molecule has 0 aliphatic carbocycles. The van der Waals surface area contributed by atoms with Gasteiger partial charge in [-0.1, -0.05) is 50.1 Å². The molecule has 0 saturated carbocycles. The molecular formula is C16H22ClN3OS. The molecule has 0 aliphatic rings. The van der Waals surface area contributed by atoms with Crippen molar-refractivity contribution in [3.05, 3.63) is 35.2 Å². The van der Waals surface area contributed by atoms with Crippen molar-refractivity contribution in [2.45, 2.75) is 33.2 Å². The first kappa shape index (κ1) is 18.6. The fraction of sp³-hybridized carbons (Fsp3) is 0.375. The molecule has 3 N–H and O–H groups in total. The monoisotopic (exact) mass is 339 g/mol. The SMILES string of the molecule is CCC(C)C(N)C(=O)Nc1nc(-c2ccc(C)cc2)cs1.Cl. The maximum absolute atomic E-state index is 12.0.